The number of hydrogen-bond donors (Lipinski definition) is 1. The van der Waals surface area contributed by atoms with E-state index in [2.05, 4.69) is 62.4 Å². The summed E-state index contributed by atoms with van der Waals surface area (Å²) in [5, 5.41) is 9.17. The third-order valence-corrected chi connectivity index (χ3v) is 4.12. The van der Waals surface area contributed by atoms with E-state index in [-0.39, 0.29) is 6.61 Å². The van der Waals surface area contributed by atoms with Crippen LogP contribution in [0.3, 0.4) is 0 Å². The molecule has 0 saturated carbocycles. The van der Waals surface area contributed by atoms with E-state index in [0.29, 0.717) is 5.92 Å². The molecule has 106 valence electrons. The Labute approximate surface area is 126 Å². The van der Waals surface area contributed by atoms with Crippen LogP contribution in [-0.4, -0.2) is 5.11 Å². The molecule has 0 bridgehead atoms. The number of benzene rings is 2. The molecule has 1 heteroatoms. The highest BCUT2D eigenvalue weighted by atomic mass is 16.3. The summed E-state index contributed by atoms with van der Waals surface area (Å²) >= 11 is 0. The van der Waals surface area contributed by atoms with E-state index in [1.54, 1.807) is 0 Å². The van der Waals surface area contributed by atoms with E-state index < -0.39 is 0 Å². The summed E-state index contributed by atoms with van der Waals surface area (Å²) in [4.78, 5) is 0. The van der Waals surface area contributed by atoms with E-state index in [1.807, 2.05) is 12.1 Å². The summed E-state index contributed by atoms with van der Waals surface area (Å²) in [7, 11) is 0. The molecule has 0 radical (unpaired) electrons. The first-order valence-electron chi connectivity index (χ1n) is 7.35. The molecule has 1 unspecified atom stereocenters. The van der Waals surface area contributed by atoms with Gasteiger partial charge < -0.3 is 5.11 Å². The van der Waals surface area contributed by atoms with E-state index in [0.717, 1.165) is 5.56 Å². The molecule has 3 rings (SSSR count). The smallest absolute Gasteiger partial charge is 0.0681 e. The maximum Gasteiger partial charge on any atom is 0.0681 e. The molecular weight excluding hydrogens is 256 g/mol. The molecule has 1 aliphatic carbocycles. The zero-order valence-corrected chi connectivity index (χ0v) is 12.5. The fourth-order valence-electron chi connectivity index (χ4n) is 3.05. The number of aliphatic hydroxyl groups is 1. The molecule has 0 spiro atoms. The minimum atomic E-state index is 0.0916. The highest BCUT2D eigenvalue weighted by Gasteiger charge is 2.19. The number of hydrogen-bond acceptors (Lipinski definition) is 1. The van der Waals surface area contributed by atoms with E-state index in [1.165, 1.54) is 27.8 Å². The molecule has 0 saturated heterocycles. The molecule has 2 aromatic rings. The van der Waals surface area contributed by atoms with Gasteiger partial charge in [-0.3, -0.25) is 0 Å². The molecule has 0 heterocycles. The van der Waals surface area contributed by atoms with Gasteiger partial charge in [0.25, 0.3) is 0 Å². The lowest BCUT2D eigenvalue weighted by Gasteiger charge is -2.16. The van der Waals surface area contributed by atoms with Gasteiger partial charge in [-0.1, -0.05) is 71.8 Å². The van der Waals surface area contributed by atoms with Crippen LogP contribution in [0.15, 0.2) is 71.8 Å². The van der Waals surface area contributed by atoms with Gasteiger partial charge in [-0.15, -0.1) is 0 Å². The Hall–Kier alpha value is -2.12. The lowest BCUT2D eigenvalue weighted by atomic mass is 9.88. The van der Waals surface area contributed by atoms with Gasteiger partial charge in [0.1, 0.15) is 0 Å². The van der Waals surface area contributed by atoms with Crippen molar-refractivity contribution in [1.29, 1.82) is 0 Å². The second kappa shape index (κ2) is 5.71. The van der Waals surface area contributed by atoms with E-state index in [9.17, 15) is 5.11 Å². The maximum atomic E-state index is 9.17. The first-order chi connectivity index (χ1) is 10.2. The number of aliphatic hydroxyl groups excluding tert-OH is 1. The van der Waals surface area contributed by atoms with Crippen molar-refractivity contribution < 1.29 is 5.11 Å². The van der Waals surface area contributed by atoms with Crippen molar-refractivity contribution in [3.05, 3.63) is 83.0 Å². The SMILES string of the molecule is CC1=CC(c2ccccc2-c2ccc(CO)cc2)C(C)=C1. The van der Waals surface area contributed by atoms with E-state index >= 15 is 0 Å². The van der Waals surface area contributed by atoms with Crippen LogP contribution in [0.4, 0.5) is 0 Å². The normalized spacial score (nSPS) is 17.6. The number of rotatable bonds is 3. The van der Waals surface area contributed by atoms with Gasteiger partial charge >= 0.3 is 0 Å². The Balaban J connectivity index is 2.06. The predicted molar refractivity (Wildman–Crippen MR) is 88.1 cm³/mol. The second-order valence-electron chi connectivity index (χ2n) is 5.72. The summed E-state index contributed by atoms with van der Waals surface area (Å²) in [5.74, 6) is 0.374. The molecule has 0 aliphatic heterocycles. The second-order valence-corrected chi connectivity index (χ2v) is 5.72. The van der Waals surface area contributed by atoms with Crippen LogP contribution in [-0.2, 0) is 6.61 Å². The number of allylic oxidation sites excluding steroid dienone is 4. The maximum absolute atomic E-state index is 9.17. The lowest BCUT2D eigenvalue weighted by Crippen LogP contribution is -1.97. The zero-order chi connectivity index (χ0) is 14.8. The van der Waals surface area contributed by atoms with Crippen LogP contribution >= 0.6 is 0 Å². The van der Waals surface area contributed by atoms with Crippen LogP contribution < -0.4 is 0 Å². The van der Waals surface area contributed by atoms with Gasteiger partial charge in [0.2, 0.25) is 0 Å². The standard InChI is InChI=1S/C20H20O/c1-14-11-15(2)20(12-14)19-6-4-3-5-18(19)17-9-7-16(13-21)8-10-17/h3-12,20-21H,13H2,1-2H3. The molecule has 2 aromatic carbocycles. The quantitative estimate of drug-likeness (QED) is 0.850. The first-order valence-corrected chi connectivity index (χ1v) is 7.35. The average Bonchev–Trinajstić information content (AvgIpc) is 2.86. The molecule has 1 aliphatic rings. The minimum Gasteiger partial charge on any atom is -0.392 e. The molecule has 21 heavy (non-hydrogen) atoms. The van der Waals surface area contributed by atoms with Crippen LogP contribution in [0, 0.1) is 0 Å². The van der Waals surface area contributed by atoms with E-state index in [4.69, 9.17) is 0 Å². The third-order valence-electron chi connectivity index (χ3n) is 4.12. The van der Waals surface area contributed by atoms with Gasteiger partial charge in [0.05, 0.1) is 6.61 Å². The van der Waals surface area contributed by atoms with Gasteiger partial charge in [-0.2, -0.15) is 0 Å². The average molecular weight is 276 g/mol. The van der Waals surface area contributed by atoms with Crippen molar-refractivity contribution >= 4 is 0 Å². The van der Waals surface area contributed by atoms with Crippen LogP contribution in [0.2, 0.25) is 0 Å². The van der Waals surface area contributed by atoms with Gasteiger partial charge in [-0.05, 0) is 36.1 Å². The highest BCUT2D eigenvalue weighted by Crippen LogP contribution is 2.38. The monoisotopic (exact) mass is 276 g/mol. The predicted octanol–water partition coefficient (Wildman–Crippen LogP) is 4.84. The van der Waals surface area contributed by atoms with Gasteiger partial charge in [-0.25, -0.2) is 0 Å². The minimum absolute atomic E-state index is 0.0916. The van der Waals surface area contributed by atoms with Gasteiger partial charge in [0.15, 0.2) is 0 Å². The van der Waals surface area contributed by atoms with Crippen LogP contribution in [0.5, 0.6) is 0 Å². The Morgan fingerprint density at radius 3 is 2.29 bits per heavy atom. The fourth-order valence-corrected chi connectivity index (χ4v) is 3.05. The third kappa shape index (κ3) is 2.70. The molecule has 1 atom stereocenters. The Bertz CT molecular complexity index is 705. The largest absolute Gasteiger partial charge is 0.392 e. The van der Waals surface area contributed by atoms with Crippen LogP contribution in [0.25, 0.3) is 11.1 Å². The topological polar surface area (TPSA) is 20.2 Å². The summed E-state index contributed by atoms with van der Waals surface area (Å²) in [6, 6.07) is 16.8. The Kier molecular flexibility index (Phi) is 3.76. The molecular formula is C20H20O. The van der Waals surface area contributed by atoms with Crippen molar-refractivity contribution in [2.45, 2.75) is 26.4 Å². The van der Waals surface area contributed by atoms with Crippen molar-refractivity contribution in [2.24, 2.45) is 0 Å². The van der Waals surface area contributed by atoms with Gasteiger partial charge in [0, 0.05) is 5.92 Å². The summed E-state index contributed by atoms with van der Waals surface area (Å²) < 4.78 is 0. The summed E-state index contributed by atoms with van der Waals surface area (Å²) in [6.45, 7) is 4.44. The van der Waals surface area contributed by atoms with Crippen molar-refractivity contribution in [3.8, 4) is 11.1 Å². The van der Waals surface area contributed by atoms with Crippen molar-refractivity contribution in [2.75, 3.05) is 0 Å². The first kappa shape index (κ1) is 13.8. The van der Waals surface area contributed by atoms with Crippen LogP contribution in [0.1, 0.15) is 30.9 Å². The molecule has 1 N–H and O–H groups in total. The Morgan fingerprint density at radius 2 is 1.67 bits per heavy atom. The summed E-state index contributed by atoms with van der Waals surface area (Å²) in [5.41, 5.74) is 7.50. The summed E-state index contributed by atoms with van der Waals surface area (Å²) in [6.07, 6.45) is 4.59. The molecule has 1 nitrogen and oxygen atoms in total. The Morgan fingerprint density at radius 1 is 0.952 bits per heavy atom. The van der Waals surface area contributed by atoms with Crippen molar-refractivity contribution in [3.63, 3.8) is 0 Å². The molecule has 0 fully saturated rings. The fraction of sp³-hybridized carbons (Fsp3) is 0.200. The zero-order valence-electron chi connectivity index (χ0n) is 12.5. The molecule has 0 aromatic heterocycles. The lowest BCUT2D eigenvalue weighted by molar-refractivity contribution is 0.282. The molecule has 0 amide bonds. The van der Waals surface area contributed by atoms with Crippen molar-refractivity contribution in [1.82, 2.24) is 0 Å². The highest BCUT2D eigenvalue weighted by molar-refractivity contribution is 5.70.